The molecule has 0 aliphatic heterocycles. The van der Waals surface area contributed by atoms with Gasteiger partial charge in [-0.3, -0.25) is 0 Å². The minimum Gasteiger partial charge on any atom is -0.478 e. The number of aromatic carboxylic acids is 1. The summed E-state index contributed by atoms with van der Waals surface area (Å²) in [5, 5.41) is 13.3. The highest BCUT2D eigenvalue weighted by atomic mass is 19.4. The monoisotopic (exact) mass is 374 g/mol. The van der Waals surface area contributed by atoms with E-state index in [9.17, 15) is 23.1 Å². The van der Waals surface area contributed by atoms with Crippen LogP contribution in [0, 0.1) is 0 Å². The second kappa shape index (κ2) is 7.65. The smallest absolute Gasteiger partial charge is 0.389 e. The molecule has 2 aromatic carbocycles. The number of benzene rings is 2. The van der Waals surface area contributed by atoms with Gasteiger partial charge in [0.25, 0.3) is 0 Å². The van der Waals surface area contributed by atoms with E-state index < -0.39 is 18.6 Å². The fourth-order valence-corrected chi connectivity index (χ4v) is 2.85. The molecule has 3 rings (SSSR count). The van der Waals surface area contributed by atoms with Crippen LogP contribution in [0.15, 0.2) is 60.9 Å². The Labute approximate surface area is 153 Å². The lowest BCUT2D eigenvalue weighted by Crippen LogP contribution is -2.10. The predicted octanol–water partition coefficient (Wildman–Crippen LogP) is 4.66. The molecule has 0 fully saturated rings. The average Bonchev–Trinajstić information content (AvgIpc) is 3.15. The maximum absolute atomic E-state index is 12.6. The van der Waals surface area contributed by atoms with Gasteiger partial charge in [-0.25, -0.2) is 9.48 Å². The summed E-state index contributed by atoms with van der Waals surface area (Å²) in [4.78, 5) is 11.2. The zero-order valence-corrected chi connectivity index (χ0v) is 14.3. The molecule has 1 N–H and O–H groups in total. The van der Waals surface area contributed by atoms with Crippen LogP contribution in [0.2, 0.25) is 0 Å². The molecule has 4 nitrogen and oxygen atoms in total. The standard InChI is InChI=1S/C20H17F3N2O2/c21-20(22,23)9-8-15-4-5-16(19(26)27)13-17(15)12-14-2-6-18(7-3-14)25-11-1-10-24-25/h1-7,10-11,13H,8-9,12H2,(H,26,27). The lowest BCUT2D eigenvalue weighted by atomic mass is 9.94. The van der Waals surface area contributed by atoms with Gasteiger partial charge < -0.3 is 5.11 Å². The van der Waals surface area contributed by atoms with Gasteiger partial charge in [-0.15, -0.1) is 0 Å². The molecule has 0 unspecified atom stereocenters. The van der Waals surface area contributed by atoms with Gasteiger partial charge in [-0.2, -0.15) is 18.3 Å². The molecule has 0 radical (unpaired) electrons. The Balaban J connectivity index is 1.85. The van der Waals surface area contributed by atoms with Gasteiger partial charge in [0.1, 0.15) is 0 Å². The zero-order chi connectivity index (χ0) is 19.4. The van der Waals surface area contributed by atoms with E-state index in [1.807, 2.05) is 24.3 Å². The molecule has 0 aliphatic rings. The second-order valence-electron chi connectivity index (χ2n) is 6.20. The third kappa shape index (κ3) is 4.97. The molecule has 0 aliphatic carbocycles. The van der Waals surface area contributed by atoms with Gasteiger partial charge in [-0.1, -0.05) is 18.2 Å². The third-order valence-electron chi connectivity index (χ3n) is 4.23. The number of hydrogen-bond donors (Lipinski definition) is 1. The summed E-state index contributed by atoms with van der Waals surface area (Å²) in [7, 11) is 0. The number of halogens is 3. The number of hydrogen-bond acceptors (Lipinski definition) is 2. The van der Waals surface area contributed by atoms with Crippen molar-refractivity contribution in [2.24, 2.45) is 0 Å². The van der Waals surface area contributed by atoms with Crippen molar-refractivity contribution in [2.75, 3.05) is 0 Å². The van der Waals surface area contributed by atoms with Crippen molar-refractivity contribution in [1.29, 1.82) is 0 Å². The van der Waals surface area contributed by atoms with E-state index >= 15 is 0 Å². The quantitative estimate of drug-likeness (QED) is 0.683. The van der Waals surface area contributed by atoms with Crippen molar-refractivity contribution in [3.8, 4) is 5.69 Å². The molecular formula is C20H17F3N2O2. The molecular weight excluding hydrogens is 357 g/mol. The number of alkyl halides is 3. The minimum absolute atomic E-state index is 0.0638. The molecule has 0 atom stereocenters. The van der Waals surface area contributed by atoms with Crippen LogP contribution in [0.5, 0.6) is 0 Å². The molecule has 1 heterocycles. The van der Waals surface area contributed by atoms with E-state index in [-0.39, 0.29) is 12.0 Å². The zero-order valence-electron chi connectivity index (χ0n) is 14.3. The van der Waals surface area contributed by atoms with Crippen LogP contribution in [0.3, 0.4) is 0 Å². The first-order chi connectivity index (χ1) is 12.8. The average molecular weight is 374 g/mol. The van der Waals surface area contributed by atoms with Gasteiger partial charge in [0.2, 0.25) is 0 Å². The number of carboxylic acid groups (broad SMARTS) is 1. The summed E-state index contributed by atoms with van der Waals surface area (Å²) in [6.07, 6.45) is -1.55. The van der Waals surface area contributed by atoms with Crippen LogP contribution in [0.1, 0.15) is 33.5 Å². The molecule has 0 bridgehead atoms. The number of carboxylic acids is 1. The van der Waals surface area contributed by atoms with Crippen LogP contribution in [-0.2, 0) is 12.8 Å². The number of nitrogens with zero attached hydrogens (tertiary/aromatic N) is 2. The van der Waals surface area contributed by atoms with Gasteiger partial charge in [0.15, 0.2) is 0 Å². The van der Waals surface area contributed by atoms with Gasteiger partial charge in [-0.05, 0) is 59.9 Å². The number of aryl methyl sites for hydroxylation is 1. The molecule has 0 saturated carbocycles. The first-order valence-electron chi connectivity index (χ1n) is 8.32. The van der Waals surface area contributed by atoms with Crippen LogP contribution >= 0.6 is 0 Å². The van der Waals surface area contributed by atoms with Crippen LogP contribution in [0.25, 0.3) is 5.69 Å². The molecule has 7 heteroatoms. The van der Waals surface area contributed by atoms with E-state index in [1.54, 1.807) is 23.1 Å². The maximum atomic E-state index is 12.6. The van der Waals surface area contributed by atoms with Crippen LogP contribution in [0.4, 0.5) is 13.2 Å². The largest absolute Gasteiger partial charge is 0.478 e. The summed E-state index contributed by atoms with van der Waals surface area (Å²) in [6, 6.07) is 13.5. The first kappa shape index (κ1) is 18.7. The highest BCUT2D eigenvalue weighted by molar-refractivity contribution is 5.88. The van der Waals surface area contributed by atoms with Crippen molar-refractivity contribution in [2.45, 2.75) is 25.4 Å². The molecule has 3 aromatic rings. The molecule has 0 saturated heterocycles. The molecule has 27 heavy (non-hydrogen) atoms. The SMILES string of the molecule is O=C(O)c1ccc(CCC(F)(F)F)c(Cc2ccc(-n3cccn3)cc2)c1. The van der Waals surface area contributed by atoms with Crippen LogP contribution in [-0.4, -0.2) is 27.0 Å². The van der Waals surface area contributed by atoms with Crippen molar-refractivity contribution >= 4 is 5.97 Å². The fourth-order valence-electron chi connectivity index (χ4n) is 2.85. The predicted molar refractivity (Wildman–Crippen MR) is 94.1 cm³/mol. The van der Waals surface area contributed by atoms with Crippen molar-refractivity contribution in [1.82, 2.24) is 9.78 Å². The fraction of sp³-hybridized carbons (Fsp3) is 0.200. The summed E-state index contributed by atoms with van der Waals surface area (Å²) in [5.41, 5.74) is 2.90. The number of aromatic nitrogens is 2. The van der Waals surface area contributed by atoms with E-state index in [1.165, 1.54) is 18.2 Å². The summed E-state index contributed by atoms with van der Waals surface area (Å²) in [6.45, 7) is 0. The Morgan fingerprint density at radius 3 is 2.41 bits per heavy atom. The Bertz CT molecular complexity index is 917. The maximum Gasteiger partial charge on any atom is 0.389 e. The van der Waals surface area contributed by atoms with Gasteiger partial charge >= 0.3 is 12.1 Å². The normalized spacial score (nSPS) is 11.5. The lowest BCUT2D eigenvalue weighted by molar-refractivity contribution is -0.134. The topological polar surface area (TPSA) is 55.1 Å². The molecule has 1 aromatic heterocycles. The molecule has 140 valence electrons. The lowest BCUT2D eigenvalue weighted by Gasteiger charge is -2.13. The Morgan fingerprint density at radius 1 is 1.07 bits per heavy atom. The van der Waals surface area contributed by atoms with Crippen LogP contribution < -0.4 is 0 Å². The summed E-state index contributed by atoms with van der Waals surface area (Å²) in [5.74, 6) is -1.10. The van der Waals surface area contributed by atoms with E-state index in [4.69, 9.17) is 0 Å². The third-order valence-corrected chi connectivity index (χ3v) is 4.23. The Kier molecular flexibility index (Phi) is 5.30. The van der Waals surface area contributed by atoms with E-state index in [0.717, 1.165) is 11.3 Å². The number of carbonyl (C=O) groups is 1. The summed E-state index contributed by atoms with van der Waals surface area (Å²) < 4.78 is 39.5. The van der Waals surface area contributed by atoms with Crippen molar-refractivity contribution < 1.29 is 23.1 Å². The highest BCUT2D eigenvalue weighted by Crippen LogP contribution is 2.25. The second-order valence-corrected chi connectivity index (χ2v) is 6.20. The minimum atomic E-state index is -4.26. The van der Waals surface area contributed by atoms with Crippen molar-refractivity contribution in [3.05, 3.63) is 83.2 Å². The van der Waals surface area contributed by atoms with Gasteiger partial charge in [0.05, 0.1) is 11.3 Å². The van der Waals surface area contributed by atoms with E-state index in [0.29, 0.717) is 17.5 Å². The van der Waals surface area contributed by atoms with Gasteiger partial charge in [0, 0.05) is 18.8 Å². The number of rotatable bonds is 6. The molecule has 0 spiro atoms. The Hall–Kier alpha value is -3.09. The Morgan fingerprint density at radius 2 is 1.81 bits per heavy atom. The first-order valence-corrected chi connectivity index (χ1v) is 8.32. The van der Waals surface area contributed by atoms with E-state index in [2.05, 4.69) is 5.10 Å². The molecule has 0 amide bonds. The summed E-state index contributed by atoms with van der Waals surface area (Å²) >= 11 is 0. The highest BCUT2D eigenvalue weighted by Gasteiger charge is 2.27. The van der Waals surface area contributed by atoms with Crippen molar-refractivity contribution in [3.63, 3.8) is 0 Å².